The van der Waals surface area contributed by atoms with Crippen LogP contribution in [0.3, 0.4) is 0 Å². The Morgan fingerprint density at radius 2 is 1.85 bits per heavy atom. The maximum atomic E-state index is 10.9. The van der Waals surface area contributed by atoms with Crippen molar-refractivity contribution >= 4 is 5.97 Å². The van der Waals surface area contributed by atoms with E-state index in [-0.39, 0.29) is 11.5 Å². The summed E-state index contributed by atoms with van der Waals surface area (Å²) in [5.74, 6) is -1.02. The lowest BCUT2D eigenvalue weighted by Crippen LogP contribution is -2.51. The third-order valence-corrected chi connectivity index (χ3v) is 3.76. The molecular weight excluding hydrogens is 260 g/mol. The molecule has 6 nitrogen and oxygen atoms in total. The molecule has 1 aliphatic rings. The quantitative estimate of drug-likeness (QED) is 0.704. The van der Waals surface area contributed by atoms with Crippen LogP contribution in [0.15, 0.2) is 18.2 Å². The second kappa shape index (κ2) is 6.11. The molecule has 1 atom stereocenters. The van der Waals surface area contributed by atoms with Gasteiger partial charge in [0.15, 0.2) is 11.5 Å². The monoisotopic (exact) mass is 280 g/mol. The Morgan fingerprint density at radius 3 is 2.40 bits per heavy atom. The molecule has 1 heterocycles. The number of carboxylic acid groups (broad SMARTS) is 1. The number of carbonyl (C=O) groups is 1. The lowest BCUT2D eigenvalue weighted by Gasteiger charge is -2.36. The Labute approximate surface area is 117 Å². The number of aliphatic carboxylic acids is 1. The van der Waals surface area contributed by atoms with Crippen molar-refractivity contribution in [1.29, 1.82) is 0 Å². The Kier molecular flexibility index (Phi) is 4.46. The van der Waals surface area contributed by atoms with E-state index in [1.165, 1.54) is 6.07 Å². The second-order valence-electron chi connectivity index (χ2n) is 5.15. The highest BCUT2D eigenvalue weighted by atomic mass is 16.4. The zero-order valence-corrected chi connectivity index (χ0v) is 11.5. The number of benzene rings is 1. The minimum absolute atomic E-state index is 0.111. The highest BCUT2D eigenvalue weighted by molar-refractivity contribution is 5.72. The number of phenolic OH excluding ortho intramolecular Hbond substituents is 2. The molecule has 0 amide bonds. The number of piperazine rings is 1. The molecule has 0 aliphatic carbocycles. The highest BCUT2D eigenvalue weighted by Crippen LogP contribution is 2.25. The first-order valence-corrected chi connectivity index (χ1v) is 6.67. The fraction of sp³-hybridized carbons (Fsp3) is 0.500. The maximum absolute atomic E-state index is 10.9. The van der Waals surface area contributed by atoms with Gasteiger partial charge in [-0.1, -0.05) is 6.07 Å². The topological polar surface area (TPSA) is 84.2 Å². The molecule has 3 N–H and O–H groups in total. The van der Waals surface area contributed by atoms with Crippen molar-refractivity contribution in [2.24, 2.45) is 0 Å². The van der Waals surface area contributed by atoms with Gasteiger partial charge in [-0.3, -0.25) is 14.6 Å². The fourth-order valence-electron chi connectivity index (χ4n) is 2.39. The molecule has 1 fully saturated rings. The van der Waals surface area contributed by atoms with Crippen LogP contribution in [0.25, 0.3) is 0 Å². The van der Waals surface area contributed by atoms with Gasteiger partial charge < -0.3 is 15.3 Å². The maximum Gasteiger partial charge on any atom is 0.320 e. The van der Waals surface area contributed by atoms with Crippen molar-refractivity contribution in [3.05, 3.63) is 23.8 Å². The van der Waals surface area contributed by atoms with Crippen LogP contribution in [-0.4, -0.2) is 63.3 Å². The van der Waals surface area contributed by atoms with Crippen LogP contribution in [0.4, 0.5) is 0 Å². The summed E-state index contributed by atoms with van der Waals surface area (Å²) in [4.78, 5) is 15.1. The molecule has 20 heavy (non-hydrogen) atoms. The highest BCUT2D eigenvalue weighted by Gasteiger charge is 2.25. The summed E-state index contributed by atoms with van der Waals surface area (Å²) in [5.41, 5.74) is 0.931. The first-order valence-electron chi connectivity index (χ1n) is 6.67. The van der Waals surface area contributed by atoms with Gasteiger partial charge in [0.25, 0.3) is 0 Å². The van der Waals surface area contributed by atoms with Crippen LogP contribution >= 0.6 is 0 Å². The number of aromatic hydroxyl groups is 2. The molecular formula is C14H20N2O4. The summed E-state index contributed by atoms with van der Waals surface area (Å²) in [6.45, 7) is 5.41. The third-order valence-electron chi connectivity index (χ3n) is 3.76. The third kappa shape index (κ3) is 3.40. The van der Waals surface area contributed by atoms with E-state index in [1.807, 2.05) is 4.90 Å². The smallest absolute Gasteiger partial charge is 0.320 e. The van der Waals surface area contributed by atoms with Crippen molar-refractivity contribution in [1.82, 2.24) is 9.80 Å². The van der Waals surface area contributed by atoms with Crippen LogP contribution < -0.4 is 0 Å². The van der Waals surface area contributed by atoms with Crippen LogP contribution in [0, 0.1) is 0 Å². The minimum Gasteiger partial charge on any atom is -0.504 e. The molecule has 1 aromatic carbocycles. The SMILES string of the molecule is CC(C(=O)O)N1CCN(Cc2ccc(O)c(O)c2)CC1. The van der Waals surface area contributed by atoms with Crippen LogP contribution in [-0.2, 0) is 11.3 Å². The number of nitrogens with zero attached hydrogens (tertiary/aromatic N) is 2. The van der Waals surface area contributed by atoms with Gasteiger partial charge in [0.05, 0.1) is 0 Å². The van der Waals surface area contributed by atoms with Gasteiger partial charge in [-0.05, 0) is 24.6 Å². The average molecular weight is 280 g/mol. The van der Waals surface area contributed by atoms with Crippen LogP contribution in [0.5, 0.6) is 11.5 Å². The molecule has 110 valence electrons. The first kappa shape index (κ1) is 14.6. The van der Waals surface area contributed by atoms with E-state index in [1.54, 1.807) is 19.1 Å². The first-order chi connectivity index (χ1) is 9.47. The fourth-order valence-corrected chi connectivity index (χ4v) is 2.39. The number of carboxylic acids is 1. The van der Waals surface area contributed by atoms with Crippen molar-refractivity contribution in [3.63, 3.8) is 0 Å². The van der Waals surface area contributed by atoms with E-state index in [2.05, 4.69) is 4.90 Å². The Bertz CT molecular complexity index is 484. The van der Waals surface area contributed by atoms with Gasteiger partial charge in [-0.2, -0.15) is 0 Å². The Balaban J connectivity index is 1.88. The molecule has 1 aromatic rings. The molecule has 1 saturated heterocycles. The number of hydrogen-bond acceptors (Lipinski definition) is 5. The Hall–Kier alpha value is -1.79. The van der Waals surface area contributed by atoms with E-state index in [0.29, 0.717) is 6.54 Å². The van der Waals surface area contributed by atoms with E-state index in [4.69, 9.17) is 5.11 Å². The summed E-state index contributed by atoms with van der Waals surface area (Å²) in [6.07, 6.45) is 0. The number of phenols is 2. The van der Waals surface area contributed by atoms with Gasteiger partial charge >= 0.3 is 5.97 Å². The van der Waals surface area contributed by atoms with E-state index >= 15 is 0 Å². The summed E-state index contributed by atoms with van der Waals surface area (Å²) in [6, 6.07) is 4.37. The molecule has 1 aliphatic heterocycles. The van der Waals surface area contributed by atoms with E-state index in [9.17, 15) is 15.0 Å². The zero-order chi connectivity index (χ0) is 14.7. The molecule has 0 radical (unpaired) electrons. The molecule has 0 saturated carbocycles. The number of rotatable bonds is 4. The van der Waals surface area contributed by atoms with Crippen LogP contribution in [0.2, 0.25) is 0 Å². The molecule has 0 bridgehead atoms. The normalized spacial score (nSPS) is 18.9. The second-order valence-corrected chi connectivity index (χ2v) is 5.15. The summed E-state index contributed by atoms with van der Waals surface area (Å²) in [5, 5.41) is 27.7. The van der Waals surface area contributed by atoms with Crippen molar-refractivity contribution in [2.75, 3.05) is 26.2 Å². The molecule has 0 spiro atoms. The largest absolute Gasteiger partial charge is 0.504 e. The Morgan fingerprint density at radius 1 is 1.20 bits per heavy atom. The lowest BCUT2D eigenvalue weighted by molar-refractivity contribution is -0.143. The summed E-state index contributed by atoms with van der Waals surface area (Å²) in [7, 11) is 0. The van der Waals surface area contributed by atoms with Gasteiger partial charge in [-0.25, -0.2) is 0 Å². The van der Waals surface area contributed by atoms with Crippen molar-refractivity contribution in [3.8, 4) is 11.5 Å². The van der Waals surface area contributed by atoms with Crippen molar-refractivity contribution in [2.45, 2.75) is 19.5 Å². The minimum atomic E-state index is -0.790. The molecule has 2 rings (SSSR count). The molecule has 6 heteroatoms. The number of hydrogen-bond donors (Lipinski definition) is 3. The van der Waals surface area contributed by atoms with Crippen LogP contribution in [0.1, 0.15) is 12.5 Å². The predicted octanol–water partition coefficient (Wildman–Crippen LogP) is 0.688. The van der Waals surface area contributed by atoms with Gasteiger partial charge in [-0.15, -0.1) is 0 Å². The molecule has 0 aromatic heterocycles. The zero-order valence-electron chi connectivity index (χ0n) is 11.5. The van der Waals surface area contributed by atoms with Gasteiger partial charge in [0, 0.05) is 32.7 Å². The van der Waals surface area contributed by atoms with Crippen molar-refractivity contribution < 1.29 is 20.1 Å². The summed E-state index contributed by atoms with van der Waals surface area (Å²) >= 11 is 0. The van der Waals surface area contributed by atoms with Gasteiger partial charge in [0.2, 0.25) is 0 Å². The molecule has 1 unspecified atom stereocenters. The average Bonchev–Trinajstić information content (AvgIpc) is 2.43. The van der Waals surface area contributed by atoms with E-state index in [0.717, 1.165) is 31.7 Å². The van der Waals surface area contributed by atoms with E-state index < -0.39 is 12.0 Å². The summed E-state index contributed by atoms with van der Waals surface area (Å²) < 4.78 is 0. The lowest BCUT2D eigenvalue weighted by atomic mass is 10.1. The predicted molar refractivity (Wildman–Crippen MR) is 73.7 cm³/mol. The standard InChI is InChI=1S/C14H20N2O4/c1-10(14(19)20)16-6-4-15(5-7-16)9-11-2-3-12(17)13(18)8-11/h2-3,8,10,17-18H,4-7,9H2,1H3,(H,19,20). The van der Waals surface area contributed by atoms with Gasteiger partial charge in [0.1, 0.15) is 6.04 Å².